The summed E-state index contributed by atoms with van der Waals surface area (Å²) in [6.07, 6.45) is 3.65. The Morgan fingerprint density at radius 1 is 1.21 bits per heavy atom. The van der Waals surface area contributed by atoms with Crippen LogP contribution in [0.25, 0.3) is 11.1 Å². The number of hydrazine groups is 1. The van der Waals surface area contributed by atoms with Crippen molar-refractivity contribution in [2.75, 3.05) is 20.7 Å². The molecule has 0 bridgehead atoms. The minimum atomic E-state index is -0.338. The van der Waals surface area contributed by atoms with Crippen molar-refractivity contribution in [2.45, 2.75) is 31.3 Å². The van der Waals surface area contributed by atoms with Crippen molar-refractivity contribution in [1.82, 2.24) is 15.8 Å². The van der Waals surface area contributed by atoms with Gasteiger partial charge in [0, 0.05) is 36.8 Å². The van der Waals surface area contributed by atoms with Gasteiger partial charge in [-0.15, -0.1) is 0 Å². The maximum absolute atomic E-state index is 13.7. The highest BCUT2D eigenvalue weighted by molar-refractivity contribution is 5.95. The lowest BCUT2D eigenvalue weighted by Gasteiger charge is -2.21. The van der Waals surface area contributed by atoms with Crippen LogP contribution in [0, 0.1) is 11.7 Å². The van der Waals surface area contributed by atoms with Gasteiger partial charge in [-0.1, -0.05) is 12.1 Å². The van der Waals surface area contributed by atoms with Crippen LogP contribution in [-0.4, -0.2) is 43.6 Å². The summed E-state index contributed by atoms with van der Waals surface area (Å²) in [6, 6.07) is 12.4. The smallest absolute Gasteiger partial charge is 0.253 e. The number of carbonyl (C=O) groups excluding carboxylic acids is 1. The standard InChI is InChI=1S/C22H26FN3O2/c1-26(13-18-12-20(25-24-18)14-6-7-14)22(27)16-5-3-4-15(10-16)19-11-17(23)8-9-21(19)28-2/h3-5,8-11,14,18,20,24-25H,6-7,12-13H2,1-2H3. The molecule has 1 saturated heterocycles. The molecule has 1 aliphatic heterocycles. The zero-order valence-corrected chi connectivity index (χ0v) is 16.2. The first-order valence-electron chi connectivity index (χ1n) is 9.75. The number of hydrogen-bond donors (Lipinski definition) is 2. The molecule has 5 nitrogen and oxygen atoms in total. The summed E-state index contributed by atoms with van der Waals surface area (Å²) in [5.41, 5.74) is 8.65. The number of methoxy groups -OCH3 is 1. The Labute approximate surface area is 164 Å². The normalized spacial score (nSPS) is 21.5. The molecule has 0 radical (unpaired) electrons. The van der Waals surface area contributed by atoms with Crippen LogP contribution in [-0.2, 0) is 0 Å². The molecule has 2 unspecified atom stereocenters. The second-order valence-electron chi connectivity index (χ2n) is 7.78. The molecule has 148 valence electrons. The van der Waals surface area contributed by atoms with Crippen molar-refractivity contribution in [3.63, 3.8) is 0 Å². The van der Waals surface area contributed by atoms with Crippen LogP contribution >= 0.6 is 0 Å². The number of carbonyl (C=O) groups is 1. The molecule has 1 heterocycles. The Morgan fingerprint density at radius 2 is 2.04 bits per heavy atom. The fourth-order valence-electron chi connectivity index (χ4n) is 3.94. The van der Waals surface area contributed by atoms with Crippen LogP contribution in [0.2, 0.25) is 0 Å². The van der Waals surface area contributed by atoms with Crippen LogP contribution in [0.5, 0.6) is 5.75 Å². The topological polar surface area (TPSA) is 53.6 Å². The Kier molecular flexibility index (Phi) is 5.33. The lowest BCUT2D eigenvalue weighted by atomic mass is 10.0. The molecule has 2 aliphatic rings. The number of amides is 1. The molecule has 2 atom stereocenters. The third kappa shape index (κ3) is 4.03. The van der Waals surface area contributed by atoms with Gasteiger partial charge in [0.05, 0.1) is 7.11 Å². The van der Waals surface area contributed by atoms with Gasteiger partial charge in [0.2, 0.25) is 0 Å². The van der Waals surface area contributed by atoms with Crippen molar-refractivity contribution in [1.29, 1.82) is 0 Å². The zero-order valence-electron chi connectivity index (χ0n) is 16.2. The van der Waals surface area contributed by atoms with E-state index in [0.717, 1.165) is 17.9 Å². The van der Waals surface area contributed by atoms with E-state index in [2.05, 4.69) is 10.9 Å². The number of benzene rings is 2. The maximum Gasteiger partial charge on any atom is 0.253 e. The number of rotatable bonds is 6. The number of nitrogens with one attached hydrogen (secondary N) is 2. The third-order valence-corrected chi connectivity index (χ3v) is 5.63. The average molecular weight is 383 g/mol. The summed E-state index contributed by atoms with van der Waals surface area (Å²) in [4.78, 5) is 14.7. The minimum Gasteiger partial charge on any atom is -0.496 e. The van der Waals surface area contributed by atoms with Gasteiger partial charge in [0.25, 0.3) is 5.91 Å². The molecule has 1 aliphatic carbocycles. The Hall–Kier alpha value is -2.44. The Morgan fingerprint density at radius 3 is 2.79 bits per heavy atom. The molecule has 2 aromatic carbocycles. The summed E-state index contributed by atoms with van der Waals surface area (Å²) in [6.45, 7) is 0.641. The molecule has 6 heteroatoms. The van der Waals surface area contributed by atoms with E-state index in [4.69, 9.17) is 4.74 Å². The molecule has 2 aromatic rings. The highest BCUT2D eigenvalue weighted by Crippen LogP contribution is 2.35. The molecule has 2 fully saturated rings. The van der Waals surface area contributed by atoms with Gasteiger partial charge in [-0.2, -0.15) is 0 Å². The van der Waals surface area contributed by atoms with Gasteiger partial charge in [0.15, 0.2) is 0 Å². The largest absolute Gasteiger partial charge is 0.496 e. The number of halogens is 1. The van der Waals surface area contributed by atoms with Gasteiger partial charge < -0.3 is 9.64 Å². The lowest BCUT2D eigenvalue weighted by molar-refractivity contribution is 0.0783. The van der Waals surface area contributed by atoms with Gasteiger partial charge in [-0.3, -0.25) is 15.6 Å². The number of hydrogen-bond acceptors (Lipinski definition) is 4. The van der Waals surface area contributed by atoms with Crippen molar-refractivity contribution in [3.8, 4) is 16.9 Å². The van der Waals surface area contributed by atoms with E-state index >= 15 is 0 Å². The summed E-state index contributed by atoms with van der Waals surface area (Å²) < 4.78 is 19.1. The van der Waals surface area contributed by atoms with Gasteiger partial charge in [0.1, 0.15) is 11.6 Å². The van der Waals surface area contributed by atoms with Gasteiger partial charge >= 0.3 is 0 Å². The molecule has 28 heavy (non-hydrogen) atoms. The minimum absolute atomic E-state index is 0.0473. The van der Waals surface area contributed by atoms with E-state index in [1.807, 2.05) is 19.2 Å². The third-order valence-electron chi connectivity index (χ3n) is 5.63. The van der Waals surface area contributed by atoms with E-state index in [1.54, 1.807) is 30.2 Å². The predicted octanol–water partition coefficient (Wildman–Crippen LogP) is 3.22. The van der Waals surface area contributed by atoms with Crippen molar-refractivity contribution >= 4 is 5.91 Å². The first-order valence-corrected chi connectivity index (χ1v) is 9.75. The highest BCUT2D eigenvalue weighted by atomic mass is 19.1. The molecular weight excluding hydrogens is 357 g/mol. The Balaban J connectivity index is 1.47. The fourth-order valence-corrected chi connectivity index (χ4v) is 3.94. The lowest BCUT2D eigenvalue weighted by Crippen LogP contribution is -2.41. The van der Waals surface area contributed by atoms with E-state index in [-0.39, 0.29) is 17.8 Å². The van der Waals surface area contributed by atoms with E-state index in [9.17, 15) is 9.18 Å². The zero-order chi connectivity index (χ0) is 19.7. The number of ether oxygens (including phenoxy) is 1. The van der Waals surface area contributed by atoms with Crippen molar-refractivity contribution < 1.29 is 13.9 Å². The van der Waals surface area contributed by atoms with Crippen LogP contribution in [0.15, 0.2) is 42.5 Å². The van der Waals surface area contributed by atoms with E-state index in [0.29, 0.717) is 29.5 Å². The maximum atomic E-state index is 13.7. The molecule has 1 amide bonds. The second kappa shape index (κ2) is 7.89. The first-order chi connectivity index (χ1) is 13.5. The van der Waals surface area contributed by atoms with Crippen LogP contribution in [0.3, 0.4) is 0 Å². The summed E-state index contributed by atoms with van der Waals surface area (Å²) in [5, 5.41) is 0. The average Bonchev–Trinajstić information content (AvgIpc) is 3.46. The van der Waals surface area contributed by atoms with Crippen molar-refractivity contribution in [3.05, 3.63) is 53.8 Å². The van der Waals surface area contributed by atoms with Crippen LogP contribution in [0.4, 0.5) is 4.39 Å². The Bertz CT molecular complexity index is 869. The highest BCUT2D eigenvalue weighted by Gasteiger charge is 2.37. The first kappa shape index (κ1) is 18.9. The fraction of sp³-hybridized carbons (Fsp3) is 0.409. The van der Waals surface area contributed by atoms with Crippen molar-refractivity contribution in [2.24, 2.45) is 5.92 Å². The molecule has 4 rings (SSSR count). The van der Waals surface area contributed by atoms with Crippen LogP contribution < -0.4 is 15.6 Å². The predicted molar refractivity (Wildman–Crippen MR) is 107 cm³/mol. The number of likely N-dealkylation sites (N-methyl/N-ethyl adjacent to an activating group) is 1. The summed E-state index contributed by atoms with van der Waals surface area (Å²) in [5.74, 6) is 0.978. The van der Waals surface area contributed by atoms with E-state index in [1.165, 1.54) is 25.0 Å². The van der Waals surface area contributed by atoms with Gasteiger partial charge in [-0.05, 0) is 61.1 Å². The molecular formula is C22H26FN3O2. The summed E-state index contributed by atoms with van der Waals surface area (Å²) >= 11 is 0. The molecule has 0 spiro atoms. The SMILES string of the molecule is COc1ccc(F)cc1-c1cccc(C(=O)N(C)CC2CC(C3CC3)NN2)c1. The summed E-state index contributed by atoms with van der Waals surface area (Å²) in [7, 11) is 3.38. The second-order valence-corrected chi connectivity index (χ2v) is 7.78. The number of nitrogens with zero attached hydrogens (tertiary/aromatic N) is 1. The van der Waals surface area contributed by atoms with Gasteiger partial charge in [-0.25, -0.2) is 4.39 Å². The monoisotopic (exact) mass is 383 g/mol. The molecule has 0 aromatic heterocycles. The van der Waals surface area contributed by atoms with E-state index < -0.39 is 0 Å². The molecule has 1 saturated carbocycles. The quantitative estimate of drug-likeness (QED) is 0.804. The van der Waals surface area contributed by atoms with Crippen LogP contribution in [0.1, 0.15) is 29.6 Å². The molecule has 2 N–H and O–H groups in total.